The molecule has 0 unspecified atom stereocenters. The summed E-state index contributed by atoms with van der Waals surface area (Å²) in [5, 5.41) is 13.3. The molecule has 4 N–H and O–H groups in total. The van der Waals surface area contributed by atoms with Crippen LogP contribution in [0.3, 0.4) is 0 Å². The molecular weight excluding hydrogens is 404 g/mol. The molecule has 0 saturated heterocycles. The Hall–Kier alpha value is -3.53. The molecule has 1 aromatic heterocycles. The smallest absolute Gasteiger partial charge is 0.325 e. The molecule has 2 aromatic carbocycles. The van der Waals surface area contributed by atoms with Gasteiger partial charge < -0.3 is 15.9 Å². The molecular formula is C20H22N6O3S. The molecule has 1 heterocycles. The minimum absolute atomic E-state index is 0.0434. The second-order valence-corrected chi connectivity index (χ2v) is 7.44. The van der Waals surface area contributed by atoms with Crippen LogP contribution in [0.15, 0.2) is 47.6 Å². The number of aromatic nitrogens is 3. The zero-order valence-electron chi connectivity index (χ0n) is 16.8. The van der Waals surface area contributed by atoms with Gasteiger partial charge in [-0.3, -0.25) is 10.1 Å². The maximum absolute atomic E-state index is 12.1. The Kier molecular flexibility index (Phi) is 6.58. The minimum atomic E-state index is -0.600. The number of nitrogens with two attached hydrogens (primary N) is 1. The van der Waals surface area contributed by atoms with Crippen molar-refractivity contribution in [2.75, 3.05) is 24.0 Å². The molecule has 0 atom stereocenters. The summed E-state index contributed by atoms with van der Waals surface area (Å²) >= 11 is 1.08. The van der Waals surface area contributed by atoms with E-state index in [0.717, 1.165) is 28.5 Å². The van der Waals surface area contributed by atoms with Gasteiger partial charge >= 0.3 is 6.03 Å². The number of carbonyl (C=O) groups is 2. The Bertz CT molecular complexity index is 1060. The number of nitrogens with zero attached hydrogens (tertiary/aromatic N) is 3. The number of nitrogen functional groups attached to an aromatic ring is 1. The molecule has 0 spiro atoms. The van der Waals surface area contributed by atoms with Gasteiger partial charge in [-0.25, -0.2) is 9.47 Å². The number of hydrogen-bond donors (Lipinski definition) is 3. The molecule has 0 saturated carbocycles. The second-order valence-electron chi connectivity index (χ2n) is 6.49. The highest BCUT2D eigenvalue weighted by atomic mass is 32.2. The monoisotopic (exact) mass is 426 g/mol. The topological polar surface area (TPSA) is 124 Å². The van der Waals surface area contributed by atoms with Gasteiger partial charge in [0.15, 0.2) is 5.82 Å². The van der Waals surface area contributed by atoms with E-state index in [0.29, 0.717) is 22.4 Å². The molecule has 30 heavy (non-hydrogen) atoms. The summed E-state index contributed by atoms with van der Waals surface area (Å²) < 4.78 is 6.43. The summed E-state index contributed by atoms with van der Waals surface area (Å²) in [5.41, 5.74) is 3.54. The van der Waals surface area contributed by atoms with Crippen LogP contribution in [0.1, 0.15) is 11.1 Å². The third-order valence-corrected chi connectivity index (χ3v) is 5.31. The fourth-order valence-electron chi connectivity index (χ4n) is 2.59. The molecule has 0 bridgehead atoms. The normalized spacial score (nSPS) is 10.5. The first-order chi connectivity index (χ1) is 14.4. The molecule has 3 aromatic rings. The molecule has 0 aliphatic rings. The lowest BCUT2D eigenvalue weighted by molar-refractivity contribution is -0.117. The first-order valence-corrected chi connectivity index (χ1v) is 10.0. The van der Waals surface area contributed by atoms with Gasteiger partial charge in [-0.1, -0.05) is 17.8 Å². The number of methoxy groups -OCH3 is 1. The third kappa shape index (κ3) is 5.09. The lowest BCUT2D eigenvalue weighted by atomic mass is 10.1. The molecule has 156 valence electrons. The van der Waals surface area contributed by atoms with Gasteiger partial charge in [0.1, 0.15) is 5.75 Å². The maximum atomic E-state index is 12.1. The Morgan fingerprint density at radius 1 is 1.10 bits per heavy atom. The molecule has 0 aliphatic heterocycles. The van der Waals surface area contributed by atoms with Crippen LogP contribution in [0.2, 0.25) is 0 Å². The zero-order valence-corrected chi connectivity index (χ0v) is 17.6. The van der Waals surface area contributed by atoms with E-state index in [1.165, 1.54) is 4.68 Å². The van der Waals surface area contributed by atoms with E-state index in [1.54, 1.807) is 25.3 Å². The molecule has 0 fully saturated rings. The maximum Gasteiger partial charge on any atom is 0.325 e. The average molecular weight is 427 g/mol. The minimum Gasteiger partial charge on any atom is -0.497 e. The largest absolute Gasteiger partial charge is 0.497 e. The Balaban J connectivity index is 1.54. The van der Waals surface area contributed by atoms with Gasteiger partial charge in [-0.2, -0.15) is 0 Å². The van der Waals surface area contributed by atoms with E-state index in [4.69, 9.17) is 10.6 Å². The summed E-state index contributed by atoms with van der Waals surface area (Å²) in [7, 11) is 1.59. The predicted molar refractivity (Wildman–Crippen MR) is 116 cm³/mol. The summed E-state index contributed by atoms with van der Waals surface area (Å²) in [5.74, 6) is 6.70. The standard InChI is InChI=1S/C20H22N6O3S/c1-12-4-7-15(10-13(12)2)22-19(28)23-17(27)11-30-20-25-24-18(26(20)21)14-5-8-16(29-3)9-6-14/h4-10H,11,21H2,1-3H3,(H2,22,23,27,28). The highest BCUT2D eigenvalue weighted by molar-refractivity contribution is 7.99. The number of aryl methyl sites for hydroxylation is 2. The van der Waals surface area contributed by atoms with Gasteiger partial charge in [-0.15, -0.1) is 10.2 Å². The first kappa shape index (κ1) is 21.2. The lowest BCUT2D eigenvalue weighted by Crippen LogP contribution is -2.35. The summed E-state index contributed by atoms with van der Waals surface area (Å²) in [6.45, 7) is 3.93. The lowest BCUT2D eigenvalue weighted by Gasteiger charge is -2.08. The summed E-state index contributed by atoms with van der Waals surface area (Å²) in [4.78, 5) is 24.1. The van der Waals surface area contributed by atoms with Crippen molar-refractivity contribution in [1.29, 1.82) is 0 Å². The van der Waals surface area contributed by atoms with Crippen LogP contribution >= 0.6 is 11.8 Å². The number of urea groups is 1. The van der Waals surface area contributed by atoms with Crippen molar-refractivity contribution >= 4 is 29.4 Å². The van der Waals surface area contributed by atoms with E-state index in [9.17, 15) is 9.59 Å². The van der Waals surface area contributed by atoms with Crippen LogP contribution in [0.5, 0.6) is 5.75 Å². The Morgan fingerprint density at radius 3 is 2.50 bits per heavy atom. The van der Waals surface area contributed by atoms with Crippen molar-refractivity contribution < 1.29 is 14.3 Å². The first-order valence-electron chi connectivity index (χ1n) is 9.03. The molecule has 3 rings (SSSR count). The number of nitrogens with one attached hydrogen (secondary N) is 2. The van der Waals surface area contributed by atoms with Gasteiger partial charge in [0.25, 0.3) is 0 Å². The molecule has 0 radical (unpaired) electrons. The number of carbonyl (C=O) groups excluding carboxylic acids is 2. The number of benzene rings is 2. The second kappa shape index (κ2) is 9.31. The number of amides is 3. The number of imide groups is 1. The Morgan fingerprint density at radius 2 is 1.83 bits per heavy atom. The van der Waals surface area contributed by atoms with E-state index >= 15 is 0 Å². The highest BCUT2D eigenvalue weighted by Crippen LogP contribution is 2.23. The summed E-state index contributed by atoms with van der Waals surface area (Å²) in [6.07, 6.45) is 0. The van der Waals surface area contributed by atoms with Crippen LogP contribution < -0.4 is 21.2 Å². The van der Waals surface area contributed by atoms with E-state index in [-0.39, 0.29) is 5.75 Å². The molecule has 0 aliphatic carbocycles. The van der Waals surface area contributed by atoms with Crippen LogP contribution in [0.4, 0.5) is 10.5 Å². The van der Waals surface area contributed by atoms with E-state index in [2.05, 4.69) is 20.8 Å². The highest BCUT2D eigenvalue weighted by Gasteiger charge is 2.15. The SMILES string of the molecule is COc1ccc(-c2nnc(SCC(=O)NC(=O)Nc3ccc(C)c(C)c3)n2N)cc1. The van der Waals surface area contributed by atoms with Crippen LogP contribution in [0, 0.1) is 13.8 Å². The van der Waals surface area contributed by atoms with Gasteiger partial charge in [0, 0.05) is 11.3 Å². The van der Waals surface area contributed by atoms with Gasteiger partial charge in [-0.05, 0) is 61.4 Å². The van der Waals surface area contributed by atoms with Gasteiger partial charge in [0.05, 0.1) is 12.9 Å². The quantitative estimate of drug-likeness (QED) is 0.409. The van der Waals surface area contributed by atoms with Gasteiger partial charge in [0.2, 0.25) is 11.1 Å². The number of rotatable bonds is 6. The molecule has 9 nitrogen and oxygen atoms in total. The van der Waals surface area contributed by atoms with Crippen LogP contribution in [-0.2, 0) is 4.79 Å². The number of thioether (sulfide) groups is 1. The van der Waals surface area contributed by atoms with Crippen LogP contribution in [0.25, 0.3) is 11.4 Å². The molecule has 3 amide bonds. The van der Waals surface area contributed by atoms with E-state index in [1.807, 2.05) is 38.1 Å². The fourth-order valence-corrected chi connectivity index (χ4v) is 3.24. The number of ether oxygens (including phenoxy) is 1. The third-order valence-electron chi connectivity index (χ3n) is 4.36. The zero-order chi connectivity index (χ0) is 21.7. The van der Waals surface area contributed by atoms with E-state index < -0.39 is 11.9 Å². The Labute approximate surface area is 178 Å². The number of anilines is 1. The fraction of sp³-hybridized carbons (Fsp3) is 0.200. The molecule has 10 heteroatoms. The van der Waals surface area contributed by atoms with Crippen molar-refractivity contribution in [3.8, 4) is 17.1 Å². The van der Waals surface area contributed by atoms with Crippen molar-refractivity contribution in [3.63, 3.8) is 0 Å². The van der Waals surface area contributed by atoms with Crippen molar-refractivity contribution in [3.05, 3.63) is 53.6 Å². The average Bonchev–Trinajstić information content (AvgIpc) is 3.09. The predicted octanol–water partition coefficient (Wildman–Crippen LogP) is 2.72. The number of hydrogen-bond acceptors (Lipinski definition) is 7. The van der Waals surface area contributed by atoms with Crippen LogP contribution in [-0.4, -0.2) is 39.7 Å². The summed E-state index contributed by atoms with van der Waals surface area (Å²) in [6, 6.07) is 12.1. The van der Waals surface area contributed by atoms with Crippen molar-refractivity contribution in [1.82, 2.24) is 20.2 Å². The van der Waals surface area contributed by atoms with Crippen molar-refractivity contribution in [2.24, 2.45) is 0 Å². The van der Waals surface area contributed by atoms with Crippen molar-refractivity contribution in [2.45, 2.75) is 19.0 Å².